The number of hydrogen-bond donors (Lipinski definition) is 0. The van der Waals surface area contributed by atoms with Crippen molar-refractivity contribution < 1.29 is 0 Å². The molecule has 1 heteroatoms. The average molecular weight is 932 g/mol. The zero-order valence-corrected chi connectivity index (χ0v) is 40.8. The number of rotatable bonds is 10. The van der Waals surface area contributed by atoms with Crippen molar-refractivity contribution in [3.05, 3.63) is 319 Å². The van der Waals surface area contributed by atoms with E-state index >= 15 is 0 Å². The van der Waals surface area contributed by atoms with E-state index in [0.717, 1.165) is 11.4 Å². The molecule has 0 fully saturated rings. The standard InChI is InChI=1S/C72H53N/c1-50-46-60(62-38-44-68-67-26-13-14-27-69(67)72(70(68)49-62,63-22-7-3-8-23-63)64-24-9-4-10-25-64)39-45-71(50)73(65-40-34-55(35-41-65)54-30-28-53(29-31-54)51-16-5-2-6-17-51)66-42-36-56(37-43-66)58-20-15-21-59(47-58)61-33-32-52-18-11-12-19-57(52)48-61/h2-50,71H,1H3. The maximum absolute atomic E-state index is 2.53. The van der Waals surface area contributed by atoms with Gasteiger partial charge in [-0.3, -0.25) is 0 Å². The van der Waals surface area contributed by atoms with Crippen molar-refractivity contribution in [3.8, 4) is 55.6 Å². The third-order valence-electron chi connectivity index (χ3n) is 15.4. The molecule has 0 radical (unpaired) electrons. The van der Waals surface area contributed by atoms with Crippen LogP contribution in [0.2, 0.25) is 0 Å². The van der Waals surface area contributed by atoms with Crippen LogP contribution >= 0.6 is 0 Å². The third-order valence-corrected chi connectivity index (χ3v) is 15.4. The number of nitrogens with zero attached hydrogens (tertiary/aromatic N) is 1. The van der Waals surface area contributed by atoms with Gasteiger partial charge in [-0.2, -0.15) is 0 Å². The zero-order valence-electron chi connectivity index (χ0n) is 40.8. The summed E-state index contributed by atoms with van der Waals surface area (Å²) >= 11 is 0. The molecule has 2 aliphatic carbocycles. The Morgan fingerprint density at radius 1 is 0.329 bits per heavy atom. The van der Waals surface area contributed by atoms with E-state index < -0.39 is 5.41 Å². The normalized spacial score (nSPS) is 15.3. The van der Waals surface area contributed by atoms with Crippen LogP contribution in [0.4, 0.5) is 11.4 Å². The molecule has 11 aromatic rings. The molecule has 2 unspecified atom stereocenters. The molecular weight excluding hydrogens is 879 g/mol. The first kappa shape index (κ1) is 43.9. The van der Waals surface area contributed by atoms with Crippen LogP contribution < -0.4 is 4.90 Å². The summed E-state index contributed by atoms with van der Waals surface area (Å²) in [6.45, 7) is 2.37. The molecule has 0 aromatic heterocycles. The van der Waals surface area contributed by atoms with Crippen molar-refractivity contribution in [2.45, 2.75) is 18.4 Å². The monoisotopic (exact) mass is 931 g/mol. The lowest BCUT2D eigenvalue weighted by atomic mass is 9.67. The van der Waals surface area contributed by atoms with Gasteiger partial charge in [0.25, 0.3) is 0 Å². The minimum atomic E-state index is -0.450. The summed E-state index contributed by atoms with van der Waals surface area (Å²) < 4.78 is 0. The smallest absolute Gasteiger partial charge is 0.0713 e. The van der Waals surface area contributed by atoms with Crippen LogP contribution in [0, 0.1) is 5.92 Å². The molecule has 2 aliphatic rings. The number of benzene rings is 11. The molecule has 0 spiro atoms. The Labute approximate surface area is 429 Å². The fraction of sp³-hybridized carbons (Fsp3) is 0.0556. The fourth-order valence-electron chi connectivity index (χ4n) is 11.8. The van der Waals surface area contributed by atoms with Crippen molar-refractivity contribution in [1.29, 1.82) is 0 Å². The molecule has 0 amide bonds. The summed E-state index contributed by atoms with van der Waals surface area (Å²) in [6, 6.07) is 101. The summed E-state index contributed by atoms with van der Waals surface area (Å²) in [5.74, 6) is 0.182. The molecule has 1 nitrogen and oxygen atoms in total. The van der Waals surface area contributed by atoms with Crippen LogP contribution in [-0.2, 0) is 5.41 Å². The quantitative estimate of drug-likeness (QED) is 0.132. The van der Waals surface area contributed by atoms with Gasteiger partial charge in [0.2, 0.25) is 0 Å². The summed E-state index contributed by atoms with van der Waals surface area (Å²) in [4.78, 5) is 2.53. The highest BCUT2D eigenvalue weighted by atomic mass is 15.2. The SMILES string of the molecule is CC1C=C(c2ccc3c(c2)C(c2ccccc2)(c2ccccc2)c2ccccc2-3)C=CC1N(c1ccc(-c2ccc(-c3ccccc3)cc2)cc1)c1ccc(-c2cccc(-c3ccc4ccccc4c3)c2)cc1. The molecule has 73 heavy (non-hydrogen) atoms. The van der Waals surface area contributed by atoms with Crippen molar-refractivity contribution >= 4 is 27.7 Å². The highest BCUT2D eigenvalue weighted by molar-refractivity contribution is 5.90. The highest BCUT2D eigenvalue weighted by Crippen LogP contribution is 2.56. The Hall–Kier alpha value is -9.04. The van der Waals surface area contributed by atoms with Crippen molar-refractivity contribution in [2.24, 2.45) is 5.92 Å². The van der Waals surface area contributed by atoms with Gasteiger partial charge in [-0.1, -0.05) is 256 Å². The summed E-state index contributed by atoms with van der Waals surface area (Å²) in [7, 11) is 0. The molecule has 0 heterocycles. The van der Waals surface area contributed by atoms with Crippen molar-refractivity contribution in [2.75, 3.05) is 4.90 Å². The lowest BCUT2D eigenvalue weighted by Gasteiger charge is -2.37. The molecule has 346 valence electrons. The fourth-order valence-corrected chi connectivity index (χ4v) is 11.8. The van der Waals surface area contributed by atoms with Gasteiger partial charge in [-0.15, -0.1) is 0 Å². The van der Waals surface area contributed by atoms with Gasteiger partial charge in [0.1, 0.15) is 0 Å². The second kappa shape index (κ2) is 18.6. The van der Waals surface area contributed by atoms with Crippen LogP contribution in [0.5, 0.6) is 0 Å². The topological polar surface area (TPSA) is 3.24 Å². The van der Waals surface area contributed by atoms with Gasteiger partial charge >= 0.3 is 0 Å². The molecule has 2 atom stereocenters. The molecule has 0 bridgehead atoms. The molecule has 0 saturated carbocycles. The first-order chi connectivity index (χ1) is 36.1. The first-order valence-electron chi connectivity index (χ1n) is 25.6. The number of fused-ring (bicyclic) bond motifs is 4. The summed E-state index contributed by atoms with van der Waals surface area (Å²) in [5, 5.41) is 2.51. The number of allylic oxidation sites excluding steroid dienone is 2. The van der Waals surface area contributed by atoms with E-state index in [9.17, 15) is 0 Å². The van der Waals surface area contributed by atoms with E-state index in [4.69, 9.17) is 0 Å². The van der Waals surface area contributed by atoms with E-state index in [1.54, 1.807) is 0 Å². The van der Waals surface area contributed by atoms with E-state index in [-0.39, 0.29) is 12.0 Å². The molecular formula is C72H53N. The minimum absolute atomic E-state index is 0.0632. The van der Waals surface area contributed by atoms with E-state index in [1.807, 2.05) is 0 Å². The van der Waals surface area contributed by atoms with Gasteiger partial charge in [0, 0.05) is 11.4 Å². The van der Waals surface area contributed by atoms with Gasteiger partial charge in [0.05, 0.1) is 11.5 Å². The lowest BCUT2D eigenvalue weighted by molar-refractivity contribution is 0.611. The van der Waals surface area contributed by atoms with Crippen molar-refractivity contribution in [3.63, 3.8) is 0 Å². The Morgan fingerprint density at radius 2 is 0.781 bits per heavy atom. The Balaban J connectivity index is 0.856. The summed E-state index contributed by atoms with van der Waals surface area (Å²) in [5.41, 5.74) is 21.8. The minimum Gasteiger partial charge on any atom is -0.334 e. The third kappa shape index (κ3) is 7.91. The maximum Gasteiger partial charge on any atom is 0.0713 e. The van der Waals surface area contributed by atoms with Crippen LogP contribution in [0.15, 0.2) is 291 Å². The average Bonchev–Trinajstić information content (AvgIpc) is 3.77. The summed E-state index contributed by atoms with van der Waals surface area (Å²) in [6.07, 6.45) is 7.29. The van der Waals surface area contributed by atoms with Gasteiger partial charge < -0.3 is 4.90 Å². The highest BCUT2D eigenvalue weighted by Gasteiger charge is 2.46. The van der Waals surface area contributed by atoms with E-state index in [0.29, 0.717) is 0 Å². The van der Waals surface area contributed by atoms with Crippen LogP contribution in [0.1, 0.15) is 34.7 Å². The predicted octanol–water partition coefficient (Wildman–Crippen LogP) is 18.7. The maximum atomic E-state index is 2.53. The molecule has 11 aromatic carbocycles. The Morgan fingerprint density at radius 3 is 1.41 bits per heavy atom. The van der Waals surface area contributed by atoms with E-state index in [1.165, 1.54) is 99.8 Å². The molecule has 0 N–H and O–H groups in total. The Bertz CT molecular complexity index is 3790. The number of hydrogen-bond acceptors (Lipinski definition) is 1. The predicted molar refractivity (Wildman–Crippen MR) is 308 cm³/mol. The van der Waals surface area contributed by atoms with Crippen LogP contribution in [0.25, 0.3) is 72.0 Å². The second-order valence-electron chi connectivity index (χ2n) is 19.7. The molecule has 13 rings (SSSR count). The first-order valence-corrected chi connectivity index (χ1v) is 25.6. The molecule has 0 saturated heterocycles. The lowest BCUT2D eigenvalue weighted by Crippen LogP contribution is -2.35. The van der Waals surface area contributed by atoms with Crippen LogP contribution in [0.3, 0.4) is 0 Å². The molecule has 0 aliphatic heterocycles. The second-order valence-corrected chi connectivity index (χ2v) is 19.7. The van der Waals surface area contributed by atoms with Crippen LogP contribution in [-0.4, -0.2) is 6.04 Å². The van der Waals surface area contributed by atoms with Gasteiger partial charge in [-0.25, -0.2) is 0 Å². The van der Waals surface area contributed by atoms with E-state index in [2.05, 4.69) is 303 Å². The van der Waals surface area contributed by atoms with Crippen molar-refractivity contribution in [1.82, 2.24) is 0 Å². The Kier molecular flexibility index (Phi) is 11.2. The van der Waals surface area contributed by atoms with Gasteiger partial charge in [-0.05, 0) is 148 Å². The largest absolute Gasteiger partial charge is 0.334 e. The number of anilines is 2. The zero-order chi connectivity index (χ0) is 48.7. The van der Waals surface area contributed by atoms with Gasteiger partial charge in [0.15, 0.2) is 0 Å².